The fourth-order valence-corrected chi connectivity index (χ4v) is 2.76. The van der Waals surface area contributed by atoms with Crippen molar-refractivity contribution in [2.75, 3.05) is 13.3 Å². The normalized spacial score (nSPS) is 15.3. The summed E-state index contributed by atoms with van der Waals surface area (Å²) in [5.74, 6) is 0.758. The van der Waals surface area contributed by atoms with Crippen molar-refractivity contribution in [3.8, 4) is 5.75 Å². The Morgan fingerprint density at radius 1 is 1.21 bits per heavy atom. The van der Waals surface area contributed by atoms with Crippen LogP contribution in [0.15, 0.2) is 24.3 Å². The molecule has 0 fully saturated rings. The van der Waals surface area contributed by atoms with Gasteiger partial charge in [0.05, 0.1) is 11.4 Å². The van der Waals surface area contributed by atoms with Gasteiger partial charge in [0, 0.05) is 12.3 Å². The molecule has 0 bridgehead atoms. The number of hydrogen-bond donors (Lipinski definition) is 1. The van der Waals surface area contributed by atoms with Crippen molar-refractivity contribution in [1.29, 1.82) is 0 Å². The smallest absolute Gasteiger partial charge is 0.151 e. The predicted octanol–water partition coefficient (Wildman–Crippen LogP) is 2.17. The largest absolute Gasteiger partial charge is 0.491 e. The molecule has 0 heterocycles. The minimum atomic E-state index is -3.10. The maximum absolute atomic E-state index is 11.7. The molecule has 0 spiro atoms. The van der Waals surface area contributed by atoms with Crippen molar-refractivity contribution < 1.29 is 13.2 Å². The van der Waals surface area contributed by atoms with Crippen LogP contribution in [0.25, 0.3) is 0 Å². The maximum atomic E-state index is 11.7. The summed E-state index contributed by atoms with van der Waals surface area (Å²) in [7, 11) is -1.34. The molecule has 0 saturated carbocycles. The van der Waals surface area contributed by atoms with Crippen molar-refractivity contribution in [3.63, 3.8) is 0 Å². The molecule has 0 radical (unpaired) electrons. The third kappa shape index (κ3) is 4.51. The van der Waals surface area contributed by atoms with E-state index in [1.54, 1.807) is 14.0 Å². The zero-order valence-electron chi connectivity index (χ0n) is 12.2. The molecule has 0 aliphatic rings. The van der Waals surface area contributed by atoms with E-state index >= 15 is 0 Å². The summed E-state index contributed by atoms with van der Waals surface area (Å²) in [5.41, 5.74) is 0.915. The van der Waals surface area contributed by atoms with Crippen LogP contribution in [0.1, 0.15) is 32.4 Å². The standard InChI is InChI=1S/C14H23NO3S/c1-10(2)18-13-8-6-7-12(9-13)14(15-4)11(3)19(5,16)17/h6-11,14-15H,1-5H3. The highest BCUT2D eigenvalue weighted by Gasteiger charge is 2.26. The summed E-state index contributed by atoms with van der Waals surface area (Å²) < 4.78 is 29.0. The molecule has 1 aromatic rings. The van der Waals surface area contributed by atoms with Gasteiger partial charge in [0.25, 0.3) is 0 Å². The molecular formula is C14H23NO3S. The number of nitrogens with one attached hydrogen (secondary N) is 1. The van der Waals surface area contributed by atoms with E-state index in [0.717, 1.165) is 11.3 Å². The predicted molar refractivity (Wildman–Crippen MR) is 78.3 cm³/mol. The summed E-state index contributed by atoms with van der Waals surface area (Å²) in [5, 5.41) is 2.58. The number of sulfone groups is 1. The van der Waals surface area contributed by atoms with Gasteiger partial charge in [0.1, 0.15) is 5.75 Å². The summed E-state index contributed by atoms with van der Waals surface area (Å²) in [6.45, 7) is 5.63. The van der Waals surface area contributed by atoms with Crippen LogP contribution in [-0.4, -0.2) is 33.1 Å². The molecular weight excluding hydrogens is 262 g/mol. The fraction of sp³-hybridized carbons (Fsp3) is 0.571. The van der Waals surface area contributed by atoms with Crippen molar-refractivity contribution in [2.45, 2.75) is 38.2 Å². The van der Waals surface area contributed by atoms with Crippen LogP contribution in [0.5, 0.6) is 5.75 Å². The van der Waals surface area contributed by atoms with Gasteiger partial charge < -0.3 is 10.1 Å². The Morgan fingerprint density at radius 3 is 2.32 bits per heavy atom. The molecule has 0 aromatic heterocycles. The Kier molecular flexibility index (Phi) is 5.38. The average molecular weight is 285 g/mol. The van der Waals surface area contributed by atoms with E-state index in [2.05, 4.69) is 5.32 Å². The molecule has 0 aliphatic carbocycles. The van der Waals surface area contributed by atoms with Crippen LogP contribution in [0.3, 0.4) is 0 Å². The van der Waals surface area contributed by atoms with E-state index in [4.69, 9.17) is 4.74 Å². The molecule has 5 heteroatoms. The highest BCUT2D eigenvalue weighted by molar-refractivity contribution is 7.91. The molecule has 0 saturated heterocycles. The van der Waals surface area contributed by atoms with Gasteiger partial charge in [-0.05, 0) is 45.5 Å². The lowest BCUT2D eigenvalue weighted by molar-refractivity contribution is 0.242. The Balaban J connectivity index is 3.05. The Labute approximate surface area is 116 Å². The van der Waals surface area contributed by atoms with Crippen molar-refractivity contribution in [2.24, 2.45) is 0 Å². The number of hydrogen-bond acceptors (Lipinski definition) is 4. The van der Waals surface area contributed by atoms with E-state index in [1.807, 2.05) is 38.1 Å². The highest BCUT2D eigenvalue weighted by atomic mass is 32.2. The molecule has 1 rings (SSSR count). The third-order valence-corrected chi connectivity index (χ3v) is 4.67. The SMILES string of the molecule is CNC(c1cccc(OC(C)C)c1)C(C)S(C)(=O)=O. The van der Waals surface area contributed by atoms with Crippen LogP contribution in [0.2, 0.25) is 0 Å². The highest BCUT2D eigenvalue weighted by Crippen LogP contribution is 2.25. The zero-order chi connectivity index (χ0) is 14.6. The van der Waals surface area contributed by atoms with Crippen LogP contribution in [0.4, 0.5) is 0 Å². The van der Waals surface area contributed by atoms with E-state index in [-0.39, 0.29) is 12.1 Å². The van der Waals surface area contributed by atoms with E-state index in [0.29, 0.717) is 0 Å². The van der Waals surface area contributed by atoms with Crippen LogP contribution < -0.4 is 10.1 Å². The first-order valence-electron chi connectivity index (χ1n) is 6.38. The van der Waals surface area contributed by atoms with Gasteiger partial charge in [0.15, 0.2) is 9.84 Å². The second-order valence-electron chi connectivity index (χ2n) is 5.04. The van der Waals surface area contributed by atoms with Gasteiger partial charge in [-0.25, -0.2) is 8.42 Å². The van der Waals surface area contributed by atoms with Crippen molar-refractivity contribution >= 4 is 9.84 Å². The lowest BCUT2D eigenvalue weighted by atomic mass is 10.0. The summed E-state index contributed by atoms with van der Waals surface area (Å²) in [4.78, 5) is 0. The minimum Gasteiger partial charge on any atom is -0.491 e. The molecule has 19 heavy (non-hydrogen) atoms. The summed E-state index contributed by atoms with van der Waals surface area (Å²) in [6, 6.07) is 7.32. The molecule has 2 unspecified atom stereocenters. The summed E-state index contributed by atoms with van der Waals surface area (Å²) in [6.07, 6.45) is 1.35. The summed E-state index contributed by atoms with van der Waals surface area (Å²) >= 11 is 0. The van der Waals surface area contributed by atoms with E-state index < -0.39 is 15.1 Å². The van der Waals surface area contributed by atoms with Crippen molar-refractivity contribution in [1.82, 2.24) is 5.32 Å². The van der Waals surface area contributed by atoms with Gasteiger partial charge in [-0.15, -0.1) is 0 Å². The Hall–Kier alpha value is -1.07. The third-order valence-electron chi connectivity index (χ3n) is 3.04. The molecule has 2 atom stereocenters. The van der Waals surface area contributed by atoms with Gasteiger partial charge in [-0.1, -0.05) is 12.1 Å². The van der Waals surface area contributed by atoms with Crippen LogP contribution >= 0.6 is 0 Å². The molecule has 108 valence electrons. The molecule has 1 aromatic carbocycles. The lowest BCUT2D eigenvalue weighted by Crippen LogP contribution is -2.33. The van der Waals surface area contributed by atoms with Crippen molar-refractivity contribution in [3.05, 3.63) is 29.8 Å². The Morgan fingerprint density at radius 2 is 1.84 bits per heavy atom. The van der Waals surface area contributed by atoms with Crippen LogP contribution in [-0.2, 0) is 9.84 Å². The first-order valence-corrected chi connectivity index (χ1v) is 8.34. The Bertz CT molecular complexity index is 511. The second-order valence-corrected chi connectivity index (χ2v) is 7.44. The van der Waals surface area contributed by atoms with Gasteiger partial charge in [-0.2, -0.15) is 0 Å². The number of benzene rings is 1. The quantitative estimate of drug-likeness (QED) is 0.870. The molecule has 4 nitrogen and oxygen atoms in total. The van der Waals surface area contributed by atoms with Gasteiger partial charge in [-0.3, -0.25) is 0 Å². The second kappa shape index (κ2) is 6.39. The minimum absolute atomic E-state index is 0.0932. The number of ether oxygens (including phenoxy) is 1. The molecule has 1 N–H and O–H groups in total. The molecule has 0 aliphatic heterocycles. The fourth-order valence-electron chi connectivity index (χ4n) is 1.97. The zero-order valence-corrected chi connectivity index (χ0v) is 13.0. The number of rotatable bonds is 6. The first kappa shape index (κ1) is 16.0. The topological polar surface area (TPSA) is 55.4 Å². The monoisotopic (exact) mass is 285 g/mol. The maximum Gasteiger partial charge on any atom is 0.151 e. The average Bonchev–Trinajstić information content (AvgIpc) is 2.28. The van der Waals surface area contributed by atoms with E-state index in [9.17, 15) is 8.42 Å². The van der Waals surface area contributed by atoms with Crippen LogP contribution in [0, 0.1) is 0 Å². The van der Waals surface area contributed by atoms with Gasteiger partial charge >= 0.3 is 0 Å². The van der Waals surface area contributed by atoms with Gasteiger partial charge in [0.2, 0.25) is 0 Å². The van der Waals surface area contributed by atoms with E-state index in [1.165, 1.54) is 6.26 Å². The first-order chi connectivity index (χ1) is 8.75. The lowest BCUT2D eigenvalue weighted by Gasteiger charge is -2.23. The molecule has 0 amide bonds.